The van der Waals surface area contributed by atoms with Crippen LogP contribution in [0.2, 0.25) is 0 Å². The Labute approximate surface area is 159 Å². The molecule has 1 saturated heterocycles. The van der Waals surface area contributed by atoms with Gasteiger partial charge in [0, 0.05) is 14.2 Å². The van der Waals surface area contributed by atoms with E-state index < -0.39 is 12.4 Å². The van der Waals surface area contributed by atoms with Gasteiger partial charge in [0.25, 0.3) is 0 Å². The molecule has 5 atom stereocenters. The second kappa shape index (κ2) is 8.84. The average molecular weight is 377 g/mol. The Morgan fingerprint density at radius 2 is 1.12 bits per heavy atom. The zero-order valence-electron chi connectivity index (χ0n) is 18.5. The van der Waals surface area contributed by atoms with Crippen molar-refractivity contribution in [2.45, 2.75) is 110 Å². The van der Waals surface area contributed by atoms with Crippen LogP contribution >= 0.6 is 0 Å². The van der Waals surface area contributed by atoms with Gasteiger partial charge >= 0.3 is 0 Å². The highest BCUT2D eigenvalue weighted by molar-refractivity contribution is 4.95. The topological polar surface area (TPSA) is 55.4 Å². The van der Waals surface area contributed by atoms with Gasteiger partial charge in [0.05, 0.1) is 23.4 Å². The third-order valence-corrected chi connectivity index (χ3v) is 3.64. The number of ether oxygens (including phenoxy) is 6. The molecule has 0 aromatic heterocycles. The van der Waals surface area contributed by atoms with Gasteiger partial charge in [-0.25, -0.2) is 0 Å². The molecule has 0 saturated carbocycles. The van der Waals surface area contributed by atoms with Crippen LogP contribution < -0.4 is 0 Å². The Morgan fingerprint density at radius 3 is 1.50 bits per heavy atom. The zero-order valence-corrected chi connectivity index (χ0v) is 18.5. The Balaban J connectivity index is 3.25. The first-order chi connectivity index (χ1) is 11.7. The van der Waals surface area contributed by atoms with Gasteiger partial charge in [-0.2, -0.15) is 0 Å². The largest absolute Gasteiger partial charge is 0.382 e. The third kappa shape index (κ3) is 7.79. The molecule has 0 aromatic rings. The smallest absolute Gasteiger partial charge is 0.187 e. The van der Waals surface area contributed by atoms with Crippen molar-refractivity contribution in [1.82, 2.24) is 0 Å². The standard InChI is InChI=1S/C20H40O6/c1-18(2,3)24-14-13(12-21-10)23-17(26-20(7,8)9)16(22-11)15(14)25-19(4,5)6/h13-17H,12H2,1-11H3/t13?,14-,15+,16?,17?/m1/s1. The summed E-state index contributed by atoms with van der Waals surface area (Å²) in [4.78, 5) is 0. The first-order valence-electron chi connectivity index (χ1n) is 9.37. The van der Waals surface area contributed by atoms with Crippen LogP contribution in [-0.4, -0.2) is 68.3 Å². The maximum atomic E-state index is 6.40. The molecule has 6 nitrogen and oxygen atoms in total. The SMILES string of the molecule is COCC1OC(OC(C)(C)C)C(OC)[C@@H](OC(C)(C)C)[C@@H]1OC(C)(C)C. The first kappa shape index (κ1) is 23.8. The molecule has 0 aromatic carbocycles. The average Bonchev–Trinajstić information content (AvgIpc) is 2.38. The predicted octanol–water partition coefficient (Wildman–Crippen LogP) is 3.56. The molecule has 1 aliphatic heterocycles. The number of hydrogen-bond donors (Lipinski definition) is 0. The van der Waals surface area contributed by atoms with Gasteiger partial charge in [-0.3, -0.25) is 0 Å². The highest BCUT2D eigenvalue weighted by atomic mass is 16.7. The third-order valence-electron chi connectivity index (χ3n) is 3.64. The van der Waals surface area contributed by atoms with E-state index in [-0.39, 0.29) is 35.1 Å². The van der Waals surface area contributed by atoms with Crippen LogP contribution in [0.25, 0.3) is 0 Å². The van der Waals surface area contributed by atoms with E-state index in [2.05, 4.69) is 0 Å². The van der Waals surface area contributed by atoms with Crippen molar-refractivity contribution in [2.24, 2.45) is 0 Å². The van der Waals surface area contributed by atoms with Crippen molar-refractivity contribution >= 4 is 0 Å². The predicted molar refractivity (Wildman–Crippen MR) is 101 cm³/mol. The minimum absolute atomic E-state index is 0.328. The molecule has 26 heavy (non-hydrogen) atoms. The number of rotatable bonds is 6. The van der Waals surface area contributed by atoms with Crippen LogP contribution in [-0.2, 0) is 28.4 Å². The van der Waals surface area contributed by atoms with Gasteiger partial charge in [0.15, 0.2) is 6.29 Å². The normalized spacial score (nSPS) is 31.3. The lowest BCUT2D eigenvalue weighted by molar-refractivity contribution is -0.351. The fourth-order valence-corrected chi connectivity index (χ4v) is 2.96. The molecule has 6 heteroatoms. The highest BCUT2D eigenvalue weighted by Gasteiger charge is 2.51. The molecular formula is C20H40O6. The molecule has 1 rings (SSSR count). The lowest BCUT2D eigenvalue weighted by Crippen LogP contribution is -2.64. The van der Waals surface area contributed by atoms with Crippen LogP contribution in [0.4, 0.5) is 0 Å². The van der Waals surface area contributed by atoms with E-state index in [0.29, 0.717) is 6.61 Å². The van der Waals surface area contributed by atoms with Gasteiger partial charge in [-0.15, -0.1) is 0 Å². The summed E-state index contributed by atoms with van der Waals surface area (Å²) in [5.41, 5.74) is -1.12. The summed E-state index contributed by atoms with van der Waals surface area (Å²) in [6.07, 6.45) is -2.04. The highest BCUT2D eigenvalue weighted by Crippen LogP contribution is 2.34. The summed E-state index contributed by atoms with van der Waals surface area (Å²) >= 11 is 0. The van der Waals surface area contributed by atoms with E-state index in [1.807, 2.05) is 62.3 Å². The Kier molecular flexibility index (Phi) is 8.09. The quantitative estimate of drug-likeness (QED) is 0.707. The van der Waals surface area contributed by atoms with Gasteiger partial charge in [-0.1, -0.05) is 0 Å². The molecular weight excluding hydrogens is 336 g/mol. The van der Waals surface area contributed by atoms with E-state index in [0.717, 1.165) is 0 Å². The summed E-state index contributed by atoms with van der Waals surface area (Å²) in [5.74, 6) is 0. The van der Waals surface area contributed by atoms with E-state index in [4.69, 9.17) is 28.4 Å². The van der Waals surface area contributed by atoms with Crippen molar-refractivity contribution < 1.29 is 28.4 Å². The molecule has 0 bridgehead atoms. The number of methoxy groups -OCH3 is 2. The molecule has 1 aliphatic rings. The molecule has 156 valence electrons. The van der Waals surface area contributed by atoms with Crippen LogP contribution in [0.15, 0.2) is 0 Å². The van der Waals surface area contributed by atoms with E-state index >= 15 is 0 Å². The van der Waals surface area contributed by atoms with Crippen LogP contribution in [0.3, 0.4) is 0 Å². The molecule has 0 radical (unpaired) electrons. The Hall–Kier alpha value is -0.240. The van der Waals surface area contributed by atoms with Crippen molar-refractivity contribution in [2.75, 3.05) is 20.8 Å². The summed E-state index contributed by atoms with van der Waals surface area (Å²) in [5, 5.41) is 0. The van der Waals surface area contributed by atoms with Gasteiger partial charge < -0.3 is 28.4 Å². The van der Waals surface area contributed by atoms with Crippen LogP contribution in [0, 0.1) is 0 Å². The maximum absolute atomic E-state index is 6.40. The fourth-order valence-electron chi connectivity index (χ4n) is 2.96. The lowest BCUT2D eigenvalue weighted by Gasteiger charge is -2.49. The van der Waals surface area contributed by atoms with Crippen molar-refractivity contribution in [3.8, 4) is 0 Å². The molecule has 0 aliphatic carbocycles. The minimum Gasteiger partial charge on any atom is -0.382 e. The second-order valence-electron chi connectivity index (χ2n) is 9.82. The molecule has 1 fully saturated rings. The monoisotopic (exact) mass is 376 g/mol. The molecule has 0 amide bonds. The maximum Gasteiger partial charge on any atom is 0.187 e. The van der Waals surface area contributed by atoms with Crippen molar-refractivity contribution in [3.63, 3.8) is 0 Å². The van der Waals surface area contributed by atoms with Gasteiger partial charge in [0.1, 0.15) is 24.4 Å². The zero-order chi connectivity index (χ0) is 20.3. The lowest BCUT2D eigenvalue weighted by atomic mass is 9.96. The Morgan fingerprint density at radius 1 is 0.654 bits per heavy atom. The fraction of sp³-hybridized carbons (Fsp3) is 1.00. The molecule has 0 spiro atoms. The summed E-state index contributed by atoms with van der Waals surface area (Å²) in [7, 11) is 3.30. The van der Waals surface area contributed by atoms with Gasteiger partial charge in [0.2, 0.25) is 0 Å². The van der Waals surface area contributed by atoms with E-state index in [1.54, 1.807) is 14.2 Å². The molecule has 3 unspecified atom stereocenters. The van der Waals surface area contributed by atoms with E-state index in [1.165, 1.54) is 0 Å². The molecule has 0 N–H and O–H groups in total. The number of hydrogen-bond acceptors (Lipinski definition) is 6. The Bertz CT molecular complexity index is 417. The summed E-state index contributed by atoms with van der Waals surface area (Å²) in [6, 6.07) is 0. The van der Waals surface area contributed by atoms with E-state index in [9.17, 15) is 0 Å². The van der Waals surface area contributed by atoms with Crippen LogP contribution in [0.1, 0.15) is 62.3 Å². The van der Waals surface area contributed by atoms with Crippen LogP contribution in [0.5, 0.6) is 0 Å². The first-order valence-corrected chi connectivity index (χ1v) is 9.37. The molecule has 1 heterocycles. The minimum atomic E-state index is -0.577. The van der Waals surface area contributed by atoms with Crippen molar-refractivity contribution in [1.29, 1.82) is 0 Å². The van der Waals surface area contributed by atoms with Gasteiger partial charge in [-0.05, 0) is 62.3 Å². The second-order valence-corrected chi connectivity index (χ2v) is 9.82. The summed E-state index contributed by atoms with van der Waals surface area (Å²) < 4.78 is 36.3. The van der Waals surface area contributed by atoms with Crippen molar-refractivity contribution in [3.05, 3.63) is 0 Å². The summed E-state index contributed by atoms with van der Waals surface area (Å²) in [6.45, 7) is 18.5.